The topological polar surface area (TPSA) is 71.2 Å². The molecular weight excluding hydrogens is 312 g/mol. The average Bonchev–Trinajstić information content (AvgIpc) is 3.02. The number of nitrogens with one attached hydrogen (secondary N) is 2. The highest BCUT2D eigenvalue weighted by Crippen LogP contribution is 2.16. The molecule has 0 saturated carbocycles. The molecule has 3 rings (SSSR count). The number of hydrogen-bond acceptors (Lipinski definition) is 3. The molecule has 0 radical (unpaired) electrons. The molecule has 3 aromatic rings. The van der Waals surface area contributed by atoms with E-state index in [1.807, 2.05) is 24.4 Å². The fraction of sp³-hybridized carbons (Fsp3) is 0.176. The van der Waals surface area contributed by atoms with Crippen LogP contribution >= 0.6 is 0 Å². The van der Waals surface area contributed by atoms with E-state index in [4.69, 9.17) is 4.74 Å². The Morgan fingerprint density at radius 2 is 1.87 bits per heavy atom. The molecule has 0 unspecified atom stereocenters. The number of ether oxygens (including phenoxy) is 1. The predicted octanol–water partition coefficient (Wildman–Crippen LogP) is 2.70. The SMILES string of the molecule is COc1ccc(S(=O)(=O)NCCc2ccc3[nH]ccc3c2)cc1. The first-order valence-electron chi connectivity index (χ1n) is 7.28. The molecule has 2 aromatic carbocycles. The Kier molecular flexibility index (Phi) is 4.36. The highest BCUT2D eigenvalue weighted by molar-refractivity contribution is 7.89. The summed E-state index contributed by atoms with van der Waals surface area (Å²) in [4.78, 5) is 3.37. The largest absolute Gasteiger partial charge is 0.497 e. The van der Waals surface area contributed by atoms with Crippen LogP contribution in [-0.4, -0.2) is 27.1 Å². The van der Waals surface area contributed by atoms with Crippen LogP contribution in [0.15, 0.2) is 59.6 Å². The Morgan fingerprint density at radius 1 is 1.09 bits per heavy atom. The first kappa shape index (κ1) is 15.6. The van der Waals surface area contributed by atoms with Crippen molar-refractivity contribution >= 4 is 20.9 Å². The number of fused-ring (bicyclic) bond motifs is 1. The molecule has 0 aliphatic carbocycles. The average molecular weight is 330 g/mol. The summed E-state index contributed by atoms with van der Waals surface area (Å²) in [7, 11) is -1.95. The number of methoxy groups -OCH3 is 1. The van der Waals surface area contributed by atoms with Crippen molar-refractivity contribution in [3.05, 3.63) is 60.3 Å². The van der Waals surface area contributed by atoms with Crippen molar-refractivity contribution in [3.63, 3.8) is 0 Å². The molecule has 1 heterocycles. The lowest BCUT2D eigenvalue weighted by Gasteiger charge is -2.08. The molecule has 0 saturated heterocycles. The molecule has 2 N–H and O–H groups in total. The van der Waals surface area contributed by atoms with Gasteiger partial charge >= 0.3 is 0 Å². The van der Waals surface area contributed by atoms with Crippen LogP contribution in [-0.2, 0) is 16.4 Å². The van der Waals surface area contributed by atoms with Gasteiger partial charge in [-0.25, -0.2) is 13.1 Å². The zero-order chi connectivity index (χ0) is 16.3. The molecule has 0 bridgehead atoms. The van der Waals surface area contributed by atoms with E-state index in [1.165, 1.54) is 12.1 Å². The summed E-state index contributed by atoms with van der Waals surface area (Å²) in [6.07, 6.45) is 2.53. The molecule has 6 heteroatoms. The number of hydrogen-bond donors (Lipinski definition) is 2. The highest BCUT2D eigenvalue weighted by Gasteiger charge is 2.13. The van der Waals surface area contributed by atoms with Gasteiger partial charge in [0.15, 0.2) is 0 Å². The third-order valence-corrected chi connectivity index (χ3v) is 5.17. The van der Waals surface area contributed by atoms with Crippen molar-refractivity contribution in [2.24, 2.45) is 0 Å². The van der Waals surface area contributed by atoms with Crippen LogP contribution in [0.4, 0.5) is 0 Å². The van der Waals surface area contributed by atoms with Crippen LogP contribution in [0, 0.1) is 0 Å². The van der Waals surface area contributed by atoms with Gasteiger partial charge in [-0.1, -0.05) is 6.07 Å². The molecule has 5 nitrogen and oxygen atoms in total. The quantitative estimate of drug-likeness (QED) is 0.730. The van der Waals surface area contributed by atoms with Gasteiger partial charge in [0.05, 0.1) is 12.0 Å². The van der Waals surface area contributed by atoms with E-state index in [2.05, 4.69) is 15.8 Å². The fourth-order valence-corrected chi connectivity index (χ4v) is 3.46. The van der Waals surface area contributed by atoms with Gasteiger partial charge in [0, 0.05) is 18.3 Å². The van der Waals surface area contributed by atoms with E-state index >= 15 is 0 Å². The van der Waals surface area contributed by atoms with E-state index in [-0.39, 0.29) is 4.90 Å². The molecule has 120 valence electrons. The molecule has 0 fully saturated rings. The second kappa shape index (κ2) is 6.44. The molecule has 0 aliphatic rings. The first-order valence-corrected chi connectivity index (χ1v) is 8.76. The summed E-state index contributed by atoms with van der Waals surface area (Å²) in [5, 5.41) is 1.13. The summed E-state index contributed by atoms with van der Waals surface area (Å²) >= 11 is 0. The van der Waals surface area contributed by atoms with Gasteiger partial charge in [-0.15, -0.1) is 0 Å². The Balaban J connectivity index is 1.64. The van der Waals surface area contributed by atoms with Crippen molar-refractivity contribution in [2.45, 2.75) is 11.3 Å². The number of aromatic amines is 1. The third kappa shape index (κ3) is 3.55. The van der Waals surface area contributed by atoms with Crippen LogP contribution < -0.4 is 9.46 Å². The Hall–Kier alpha value is -2.31. The molecule has 0 aliphatic heterocycles. The Bertz CT molecular complexity index is 899. The molecule has 0 amide bonds. The number of rotatable bonds is 6. The van der Waals surface area contributed by atoms with E-state index in [0.29, 0.717) is 18.7 Å². The number of sulfonamides is 1. The second-order valence-electron chi connectivity index (χ2n) is 5.22. The normalized spacial score (nSPS) is 11.7. The lowest BCUT2D eigenvalue weighted by atomic mass is 10.1. The molecule has 23 heavy (non-hydrogen) atoms. The minimum atomic E-state index is -3.50. The van der Waals surface area contributed by atoms with Crippen LogP contribution in [0.25, 0.3) is 10.9 Å². The molecule has 1 aromatic heterocycles. The van der Waals surface area contributed by atoms with Gasteiger partial charge in [-0.2, -0.15) is 0 Å². The van der Waals surface area contributed by atoms with Crippen molar-refractivity contribution in [1.82, 2.24) is 9.71 Å². The maximum absolute atomic E-state index is 12.2. The maximum atomic E-state index is 12.2. The number of aromatic nitrogens is 1. The smallest absolute Gasteiger partial charge is 0.240 e. The van der Waals surface area contributed by atoms with Gasteiger partial charge in [-0.3, -0.25) is 0 Å². The van der Waals surface area contributed by atoms with Crippen LogP contribution in [0.1, 0.15) is 5.56 Å². The number of benzene rings is 2. The Labute approximate surface area is 135 Å². The van der Waals surface area contributed by atoms with E-state index in [9.17, 15) is 8.42 Å². The predicted molar refractivity (Wildman–Crippen MR) is 90.2 cm³/mol. The standard InChI is InChI=1S/C17H18N2O3S/c1-22-15-3-5-16(6-4-15)23(20,21)19-11-8-13-2-7-17-14(12-13)9-10-18-17/h2-7,9-10,12,18-19H,8,11H2,1H3. The summed E-state index contributed by atoms with van der Waals surface area (Å²) in [6.45, 7) is 0.351. The van der Waals surface area contributed by atoms with Crippen LogP contribution in [0.5, 0.6) is 5.75 Å². The molecule has 0 atom stereocenters. The fourth-order valence-electron chi connectivity index (χ4n) is 2.43. The first-order chi connectivity index (χ1) is 11.1. The lowest BCUT2D eigenvalue weighted by Crippen LogP contribution is -2.25. The lowest BCUT2D eigenvalue weighted by molar-refractivity contribution is 0.414. The van der Waals surface area contributed by atoms with Crippen molar-refractivity contribution < 1.29 is 13.2 Å². The second-order valence-corrected chi connectivity index (χ2v) is 6.99. The third-order valence-electron chi connectivity index (χ3n) is 3.69. The summed E-state index contributed by atoms with van der Waals surface area (Å²) in [5.41, 5.74) is 2.17. The number of H-pyrrole nitrogens is 1. The van der Waals surface area contributed by atoms with Crippen molar-refractivity contribution in [1.29, 1.82) is 0 Å². The van der Waals surface area contributed by atoms with E-state index in [0.717, 1.165) is 16.5 Å². The summed E-state index contributed by atoms with van der Waals surface area (Å²) in [5.74, 6) is 0.628. The van der Waals surface area contributed by atoms with E-state index in [1.54, 1.807) is 19.2 Å². The summed E-state index contributed by atoms with van der Waals surface area (Å²) < 4.78 is 32.1. The van der Waals surface area contributed by atoms with Crippen LogP contribution in [0.3, 0.4) is 0 Å². The van der Waals surface area contributed by atoms with Crippen molar-refractivity contribution in [3.8, 4) is 5.75 Å². The molecule has 0 spiro atoms. The van der Waals surface area contributed by atoms with Crippen LogP contribution in [0.2, 0.25) is 0 Å². The zero-order valence-electron chi connectivity index (χ0n) is 12.7. The van der Waals surface area contributed by atoms with Gasteiger partial charge < -0.3 is 9.72 Å². The minimum absolute atomic E-state index is 0.236. The van der Waals surface area contributed by atoms with E-state index < -0.39 is 10.0 Å². The molecular formula is C17H18N2O3S. The van der Waals surface area contributed by atoms with Gasteiger partial charge in [0.2, 0.25) is 10.0 Å². The monoisotopic (exact) mass is 330 g/mol. The van der Waals surface area contributed by atoms with Crippen molar-refractivity contribution in [2.75, 3.05) is 13.7 Å². The zero-order valence-corrected chi connectivity index (χ0v) is 13.6. The van der Waals surface area contributed by atoms with Gasteiger partial charge in [0.1, 0.15) is 5.75 Å². The summed E-state index contributed by atoms with van der Waals surface area (Å²) in [6, 6.07) is 14.4. The minimum Gasteiger partial charge on any atom is -0.497 e. The Morgan fingerprint density at radius 3 is 2.61 bits per heavy atom. The van der Waals surface area contributed by atoms with Gasteiger partial charge in [0.25, 0.3) is 0 Å². The van der Waals surface area contributed by atoms with Gasteiger partial charge in [-0.05, 0) is 59.8 Å². The maximum Gasteiger partial charge on any atom is 0.240 e. The highest BCUT2D eigenvalue weighted by atomic mass is 32.2.